The van der Waals surface area contributed by atoms with E-state index in [-0.39, 0.29) is 0 Å². The van der Waals surface area contributed by atoms with Crippen LogP contribution < -0.4 is 5.32 Å². The fraction of sp³-hybridized carbons (Fsp3) is 0.583. The first-order valence-electron chi connectivity index (χ1n) is 6.45. The number of nitrogens with zero attached hydrogens (tertiary/aromatic N) is 5. The van der Waals surface area contributed by atoms with Crippen LogP contribution in [-0.4, -0.2) is 24.5 Å². The van der Waals surface area contributed by atoms with Gasteiger partial charge in [0.2, 0.25) is 0 Å². The van der Waals surface area contributed by atoms with Crippen molar-refractivity contribution < 1.29 is 0 Å². The van der Waals surface area contributed by atoms with Gasteiger partial charge in [0.05, 0.1) is 22.4 Å². The summed E-state index contributed by atoms with van der Waals surface area (Å²) in [5, 5.41) is 12.2. The highest BCUT2D eigenvalue weighted by Crippen LogP contribution is 2.22. The van der Waals surface area contributed by atoms with Crippen molar-refractivity contribution in [1.82, 2.24) is 29.9 Å². The molecule has 0 spiro atoms. The maximum Gasteiger partial charge on any atom is 0.164 e. The second kappa shape index (κ2) is 6.29. The quantitative estimate of drug-likeness (QED) is 0.876. The first-order valence-corrected chi connectivity index (χ1v) is 7.24. The van der Waals surface area contributed by atoms with E-state index in [1.165, 1.54) is 5.69 Å². The summed E-state index contributed by atoms with van der Waals surface area (Å²) >= 11 is 3.63. The fourth-order valence-electron chi connectivity index (χ4n) is 1.94. The molecule has 0 unspecified atom stereocenters. The summed E-state index contributed by atoms with van der Waals surface area (Å²) in [6, 6.07) is 0. The van der Waals surface area contributed by atoms with E-state index in [0.717, 1.165) is 35.5 Å². The van der Waals surface area contributed by atoms with E-state index >= 15 is 0 Å². The largest absolute Gasteiger partial charge is 0.304 e. The second-order valence-corrected chi connectivity index (χ2v) is 5.11. The van der Waals surface area contributed by atoms with Gasteiger partial charge in [-0.3, -0.25) is 9.36 Å². The highest BCUT2D eigenvalue weighted by atomic mass is 79.9. The lowest BCUT2D eigenvalue weighted by Crippen LogP contribution is -2.17. The summed E-state index contributed by atoms with van der Waals surface area (Å²) in [5.74, 6) is 0.803. The van der Waals surface area contributed by atoms with Crippen LogP contribution in [0.25, 0.3) is 0 Å². The van der Waals surface area contributed by atoms with Crippen LogP contribution in [0.3, 0.4) is 0 Å². The van der Waals surface area contributed by atoms with E-state index in [2.05, 4.69) is 50.3 Å². The molecule has 6 nitrogen and oxygen atoms in total. The number of hydrogen-bond donors (Lipinski definition) is 1. The van der Waals surface area contributed by atoms with Gasteiger partial charge in [0.25, 0.3) is 0 Å². The zero-order valence-electron chi connectivity index (χ0n) is 11.5. The third-order valence-electron chi connectivity index (χ3n) is 2.92. The predicted molar refractivity (Wildman–Crippen MR) is 76.5 cm³/mol. The Morgan fingerprint density at radius 2 is 2.05 bits per heavy atom. The Kier molecular flexibility index (Phi) is 4.71. The number of hydrogen-bond acceptors (Lipinski definition) is 4. The van der Waals surface area contributed by atoms with Crippen LogP contribution >= 0.6 is 15.9 Å². The maximum atomic E-state index is 4.57. The molecule has 0 saturated carbocycles. The molecule has 0 fully saturated rings. The summed E-state index contributed by atoms with van der Waals surface area (Å²) in [7, 11) is 1.87. The number of nitrogens with one attached hydrogen (secondary N) is 1. The van der Waals surface area contributed by atoms with Gasteiger partial charge < -0.3 is 5.32 Å². The molecule has 2 heterocycles. The van der Waals surface area contributed by atoms with Crippen molar-refractivity contribution in [3.8, 4) is 0 Å². The molecule has 2 aromatic heterocycles. The molecule has 0 radical (unpaired) electrons. The van der Waals surface area contributed by atoms with Crippen LogP contribution in [-0.2, 0) is 33.1 Å². The Balaban J connectivity index is 2.00. The van der Waals surface area contributed by atoms with Gasteiger partial charge in [-0.2, -0.15) is 10.2 Å². The van der Waals surface area contributed by atoms with E-state index in [0.29, 0.717) is 6.54 Å². The molecule has 0 aromatic carbocycles. The molecule has 1 N–H and O–H groups in total. The van der Waals surface area contributed by atoms with Gasteiger partial charge in [-0.1, -0.05) is 6.92 Å². The first-order chi connectivity index (χ1) is 9.15. The normalized spacial score (nSPS) is 11.2. The van der Waals surface area contributed by atoms with Crippen molar-refractivity contribution in [2.24, 2.45) is 7.05 Å². The van der Waals surface area contributed by atoms with E-state index in [1.807, 2.05) is 11.7 Å². The highest BCUT2D eigenvalue weighted by molar-refractivity contribution is 9.10. The molecule has 0 aliphatic heterocycles. The molecular formula is C12H19BrN6. The molecule has 7 heteroatoms. The van der Waals surface area contributed by atoms with E-state index in [4.69, 9.17) is 0 Å². The zero-order chi connectivity index (χ0) is 13.8. The molecule has 0 saturated heterocycles. The van der Waals surface area contributed by atoms with Crippen LogP contribution in [0, 0.1) is 0 Å². The van der Waals surface area contributed by atoms with Gasteiger partial charge in [0.15, 0.2) is 5.82 Å². The minimum absolute atomic E-state index is 0.656. The Hall–Kier alpha value is -1.21. The summed E-state index contributed by atoms with van der Waals surface area (Å²) in [4.78, 5) is 4.19. The Labute approximate surface area is 121 Å². The molecule has 0 bridgehead atoms. The van der Waals surface area contributed by atoms with Crippen LogP contribution in [0.5, 0.6) is 0 Å². The number of rotatable bonds is 6. The summed E-state index contributed by atoms with van der Waals surface area (Å²) < 4.78 is 4.85. The van der Waals surface area contributed by atoms with Crippen LogP contribution in [0.1, 0.15) is 31.1 Å². The zero-order valence-corrected chi connectivity index (χ0v) is 13.1. The smallest absolute Gasteiger partial charge is 0.164 e. The molecule has 0 atom stereocenters. The Morgan fingerprint density at radius 1 is 1.26 bits per heavy atom. The molecule has 0 aliphatic carbocycles. The number of halogens is 1. The van der Waals surface area contributed by atoms with Crippen molar-refractivity contribution in [2.45, 2.75) is 39.9 Å². The van der Waals surface area contributed by atoms with Crippen LogP contribution in [0.15, 0.2) is 10.8 Å². The minimum Gasteiger partial charge on any atom is -0.304 e. The molecule has 2 rings (SSSR count). The monoisotopic (exact) mass is 326 g/mol. The first kappa shape index (κ1) is 14.2. The average Bonchev–Trinajstić information content (AvgIpc) is 2.94. The standard InChI is InChI=1S/C12H19BrN6/c1-4-9-12(13)10(19(5-2)16-9)6-14-7-11-15-8-18(3)17-11/h8,14H,4-7H2,1-3H3. The second-order valence-electron chi connectivity index (χ2n) is 4.31. The Bertz CT molecular complexity index is 544. The van der Waals surface area contributed by atoms with Crippen molar-refractivity contribution in [3.05, 3.63) is 28.0 Å². The predicted octanol–water partition coefficient (Wildman–Crippen LogP) is 1.65. The summed E-state index contributed by atoms with van der Waals surface area (Å²) in [6.45, 7) is 6.49. The topological polar surface area (TPSA) is 60.6 Å². The Morgan fingerprint density at radius 3 is 2.63 bits per heavy atom. The van der Waals surface area contributed by atoms with Crippen molar-refractivity contribution in [1.29, 1.82) is 0 Å². The SMILES string of the molecule is CCc1nn(CC)c(CNCc2ncn(C)n2)c1Br. The van der Waals surface area contributed by atoms with Crippen molar-refractivity contribution in [3.63, 3.8) is 0 Å². The minimum atomic E-state index is 0.656. The lowest BCUT2D eigenvalue weighted by atomic mass is 10.3. The van der Waals surface area contributed by atoms with Crippen molar-refractivity contribution in [2.75, 3.05) is 0 Å². The summed E-state index contributed by atoms with van der Waals surface area (Å²) in [6.07, 6.45) is 2.64. The van der Waals surface area contributed by atoms with Crippen LogP contribution in [0.2, 0.25) is 0 Å². The van der Waals surface area contributed by atoms with Gasteiger partial charge in [-0.15, -0.1) is 0 Å². The number of aryl methyl sites for hydroxylation is 3. The van der Waals surface area contributed by atoms with Gasteiger partial charge in [0.1, 0.15) is 6.33 Å². The van der Waals surface area contributed by atoms with E-state index in [9.17, 15) is 0 Å². The molecule has 104 valence electrons. The number of aromatic nitrogens is 5. The molecule has 2 aromatic rings. The molecule has 0 amide bonds. The van der Waals surface area contributed by atoms with Crippen molar-refractivity contribution >= 4 is 15.9 Å². The lowest BCUT2D eigenvalue weighted by molar-refractivity contribution is 0.568. The van der Waals surface area contributed by atoms with Gasteiger partial charge in [-0.25, -0.2) is 4.98 Å². The van der Waals surface area contributed by atoms with E-state index < -0.39 is 0 Å². The molecular weight excluding hydrogens is 308 g/mol. The summed E-state index contributed by atoms with van der Waals surface area (Å²) in [5.41, 5.74) is 2.28. The van der Waals surface area contributed by atoms with Gasteiger partial charge in [0, 0.05) is 20.1 Å². The lowest BCUT2D eigenvalue weighted by Gasteiger charge is -2.06. The maximum absolute atomic E-state index is 4.57. The average molecular weight is 327 g/mol. The third-order valence-corrected chi connectivity index (χ3v) is 3.83. The fourth-order valence-corrected chi connectivity index (χ4v) is 2.65. The van der Waals surface area contributed by atoms with Gasteiger partial charge >= 0.3 is 0 Å². The molecule has 0 aliphatic rings. The van der Waals surface area contributed by atoms with Gasteiger partial charge in [-0.05, 0) is 29.3 Å². The highest BCUT2D eigenvalue weighted by Gasteiger charge is 2.13. The third kappa shape index (κ3) is 3.22. The van der Waals surface area contributed by atoms with E-state index in [1.54, 1.807) is 11.0 Å². The van der Waals surface area contributed by atoms with Crippen LogP contribution in [0.4, 0.5) is 0 Å². The molecule has 19 heavy (non-hydrogen) atoms.